The number of likely N-dealkylation sites (N-methyl/N-ethyl adjacent to an activating group) is 1. The van der Waals surface area contributed by atoms with Gasteiger partial charge in [0.2, 0.25) is 0 Å². The first kappa shape index (κ1) is 39.9. The largest absolute Gasteiger partial charge is 0.502 e. The predicted octanol–water partition coefficient (Wildman–Crippen LogP) is 4.48. The average Bonchev–Trinajstić information content (AvgIpc) is 3.29. The normalized spacial score (nSPS) is 41.1. The second-order valence-electron chi connectivity index (χ2n) is 14.5. The Balaban J connectivity index is 2.10. The molecule has 1 amide bonds. The lowest BCUT2D eigenvalue weighted by Crippen LogP contribution is -2.59. The molecule has 12 atom stereocenters. The van der Waals surface area contributed by atoms with E-state index < -0.39 is 71.7 Å². The van der Waals surface area contributed by atoms with Gasteiger partial charge in [0.1, 0.15) is 18.0 Å². The van der Waals surface area contributed by atoms with Gasteiger partial charge in [0.05, 0.1) is 36.7 Å². The molecule has 0 radical (unpaired) electrons. The van der Waals surface area contributed by atoms with Crippen molar-refractivity contribution in [2.24, 2.45) is 17.8 Å². The van der Waals surface area contributed by atoms with Gasteiger partial charge in [0.15, 0.2) is 11.9 Å². The zero-order valence-electron chi connectivity index (χ0n) is 30.9. The third kappa shape index (κ3) is 8.43. The van der Waals surface area contributed by atoms with Crippen LogP contribution in [0.4, 0.5) is 4.79 Å². The van der Waals surface area contributed by atoms with Crippen LogP contribution < -0.4 is 0 Å². The number of carbonyl (C=O) groups is 3. The first-order valence-corrected chi connectivity index (χ1v) is 17.3. The van der Waals surface area contributed by atoms with Gasteiger partial charge in [-0.2, -0.15) is 0 Å². The number of hydrogen-bond acceptors (Lipinski definition) is 11. The molecular weight excluding hydrogens is 620 g/mol. The van der Waals surface area contributed by atoms with E-state index in [0.29, 0.717) is 31.4 Å². The molecule has 2 saturated heterocycles. The minimum atomic E-state index is -1.30. The molecule has 2 fully saturated rings. The van der Waals surface area contributed by atoms with Gasteiger partial charge in [0, 0.05) is 43.0 Å². The number of carbonyl (C=O) groups excluding carboxylic acids is 3. The van der Waals surface area contributed by atoms with Crippen molar-refractivity contribution in [2.75, 3.05) is 34.4 Å². The van der Waals surface area contributed by atoms with E-state index in [1.807, 2.05) is 53.6 Å². The van der Waals surface area contributed by atoms with Crippen LogP contribution in [-0.4, -0.2) is 121 Å². The van der Waals surface area contributed by atoms with Gasteiger partial charge in [-0.05, 0) is 67.5 Å². The first-order valence-electron chi connectivity index (χ1n) is 17.3. The molecule has 3 aliphatic rings. The number of nitrogens with zero attached hydrogens (tertiary/aromatic N) is 2. The lowest BCUT2D eigenvalue weighted by atomic mass is 9.74. The molecule has 0 bridgehead atoms. The van der Waals surface area contributed by atoms with Crippen molar-refractivity contribution in [3.63, 3.8) is 0 Å². The summed E-state index contributed by atoms with van der Waals surface area (Å²) in [4.78, 5) is 45.1. The van der Waals surface area contributed by atoms with Crippen molar-refractivity contribution < 1.29 is 47.9 Å². The zero-order valence-corrected chi connectivity index (χ0v) is 30.9. The highest BCUT2D eigenvalue weighted by atomic mass is 16.7. The quantitative estimate of drug-likeness (QED) is 0.199. The van der Waals surface area contributed by atoms with Crippen LogP contribution in [0.2, 0.25) is 0 Å². The lowest BCUT2D eigenvalue weighted by Gasteiger charge is -2.47. The molecule has 12 nitrogen and oxygen atoms in total. The molecule has 1 N–H and O–H groups in total. The van der Waals surface area contributed by atoms with Gasteiger partial charge in [-0.15, -0.1) is 0 Å². The molecule has 0 aromatic carbocycles. The summed E-state index contributed by atoms with van der Waals surface area (Å²) in [5, 5.41) is 11.3. The van der Waals surface area contributed by atoms with E-state index in [0.717, 1.165) is 0 Å². The fourth-order valence-electron chi connectivity index (χ4n) is 8.01. The van der Waals surface area contributed by atoms with Gasteiger partial charge in [-0.1, -0.05) is 40.3 Å². The van der Waals surface area contributed by atoms with E-state index in [4.69, 9.17) is 28.4 Å². The second-order valence-corrected chi connectivity index (χ2v) is 14.5. The average molecular weight is 681 g/mol. The summed E-state index contributed by atoms with van der Waals surface area (Å²) < 4.78 is 36.4. The van der Waals surface area contributed by atoms with Crippen LogP contribution >= 0.6 is 0 Å². The summed E-state index contributed by atoms with van der Waals surface area (Å²) in [5.74, 6) is -2.31. The van der Waals surface area contributed by atoms with Gasteiger partial charge in [-0.3, -0.25) is 4.79 Å². The highest BCUT2D eigenvalue weighted by Gasteiger charge is 2.59. The Morgan fingerprint density at radius 2 is 1.83 bits per heavy atom. The first-order chi connectivity index (χ1) is 22.4. The van der Waals surface area contributed by atoms with Crippen molar-refractivity contribution in [1.82, 2.24) is 9.80 Å². The second kappa shape index (κ2) is 16.5. The van der Waals surface area contributed by atoms with E-state index in [1.165, 1.54) is 6.26 Å². The summed E-state index contributed by atoms with van der Waals surface area (Å²) in [5.41, 5.74) is -2.01. The van der Waals surface area contributed by atoms with E-state index in [9.17, 15) is 19.5 Å². The van der Waals surface area contributed by atoms with Crippen LogP contribution in [0.1, 0.15) is 81.1 Å². The van der Waals surface area contributed by atoms with E-state index in [-0.39, 0.29) is 30.9 Å². The van der Waals surface area contributed by atoms with Crippen LogP contribution in [-0.2, 0) is 38.0 Å². The zero-order chi connectivity index (χ0) is 36.1. The molecule has 0 saturated carbocycles. The van der Waals surface area contributed by atoms with Gasteiger partial charge < -0.3 is 43.3 Å². The predicted molar refractivity (Wildman–Crippen MR) is 180 cm³/mol. The topological polar surface area (TPSA) is 133 Å². The summed E-state index contributed by atoms with van der Waals surface area (Å²) in [6.45, 7) is 18.9. The Morgan fingerprint density at radius 3 is 2.42 bits per heavy atom. The molecular formula is C36H60N2O10. The number of amides is 1. The number of aliphatic hydroxyl groups is 1. The molecule has 0 aromatic rings. The maximum absolute atomic E-state index is 14.4. The van der Waals surface area contributed by atoms with E-state index in [1.54, 1.807) is 38.9 Å². The number of rotatable bonds is 10. The molecule has 3 heterocycles. The van der Waals surface area contributed by atoms with Crippen molar-refractivity contribution in [1.29, 1.82) is 0 Å². The Morgan fingerprint density at radius 1 is 1.17 bits per heavy atom. The third-order valence-corrected chi connectivity index (χ3v) is 10.6. The van der Waals surface area contributed by atoms with Crippen molar-refractivity contribution in [3.8, 4) is 0 Å². The molecule has 12 heteroatoms. The molecule has 0 aromatic heterocycles. The number of cyclic esters (lactones) is 1. The number of hydrogen-bond donors (Lipinski definition) is 1. The fourth-order valence-corrected chi connectivity index (χ4v) is 8.01. The smallest absolute Gasteiger partial charge is 0.410 e. The number of aliphatic hydroxyl groups excluding tert-OH is 1. The monoisotopic (exact) mass is 680 g/mol. The fraction of sp³-hybridized carbons (Fsp3) is 0.806. The Kier molecular flexibility index (Phi) is 13.7. The maximum Gasteiger partial charge on any atom is 0.410 e. The molecule has 0 unspecified atom stereocenters. The van der Waals surface area contributed by atoms with Crippen LogP contribution in [0.25, 0.3) is 0 Å². The number of methoxy groups -OCH3 is 1. The van der Waals surface area contributed by atoms with Gasteiger partial charge in [0.25, 0.3) is 0 Å². The standard InChI is InChI=1S/C36H60N2O10/c1-13-27-36(9)30(38(34(42)48-36)16-15-17-44-14-2)25(7)28(39)23(5)20-35(8,43-12)31(21(3)18-22(4)32(41)46-27)47-33-29(40)26(37(10)11)19-24(6)45-33/h14,18,21,23-27,29-31,33,40H,2,13,15-17,19-20H2,1,3-12H3/b22-18+/t21-,23+,24+,25-,26-,27+,29+,30+,31+,33-,35-,36+/m0/s1. The highest BCUT2D eigenvalue weighted by Crippen LogP contribution is 2.42. The number of esters is 1. The Bertz CT molecular complexity index is 1180. The van der Waals surface area contributed by atoms with Gasteiger partial charge in [-0.25, -0.2) is 9.59 Å². The van der Waals surface area contributed by atoms with Crippen LogP contribution in [0.15, 0.2) is 24.5 Å². The number of fused-ring (bicyclic) bond motifs is 1. The lowest BCUT2D eigenvalue weighted by molar-refractivity contribution is -0.294. The Hall–Kier alpha value is -2.51. The molecule has 274 valence electrons. The van der Waals surface area contributed by atoms with Crippen LogP contribution in [0.3, 0.4) is 0 Å². The summed E-state index contributed by atoms with van der Waals surface area (Å²) in [6.07, 6.45) is 0.620. The number of ether oxygens (including phenoxy) is 6. The van der Waals surface area contributed by atoms with Crippen molar-refractivity contribution in [3.05, 3.63) is 24.5 Å². The van der Waals surface area contributed by atoms with E-state index >= 15 is 0 Å². The molecule has 0 spiro atoms. The summed E-state index contributed by atoms with van der Waals surface area (Å²) in [7, 11) is 5.39. The molecule has 0 aliphatic carbocycles. The van der Waals surface area contributed by atoms with Gasteiger partial charge >= 0.3 is 12.1 Å². The summed E-state index contributed by atoms with van der Waals surface area (Å²) in [6, 6.07) is -0.915. The SMILES string of the molecule is C=COCCCN1C(=O)O[C@]2(C)[C@@H](CC)OC(=O)/C(C)=C/[C@H](C)[C@@H](O[C@@H]3O[C@H](C)C[C@H](N(C)C)[C@H]3O)[C@@](C)(OC)C[C@@H](C)C(=O)[C@H](C)[C@@H]12. The minimum Gasteiger partial charge on any atom is -0.502 e. The van der Waals surface area contributed by atoms with Crippen molar-refractivity contribution >= 4 is 17.8 Å². The number of ketones is 1. The highest BCUT2D eigenvalue weighted by molar-refractivity contribution is 5.88. The molecule has 3 rings (SSSR count). The van der Waals surface area contributed by atoms with Crippen LogP contribution in [0, 0.1) is 17.8 Å². The Labute approximate surface area is 287 Å². The van der Waals surface area contributed by atoms with E-state index in [2.05, 4.69) is 6.58 Å². The number of Topliss-reactive ketones (excluding diaryl/α,β-unsaturated/α-hetero) is 1. The van der Waals surface area contributed by atoms with Crippen molar-refractivity contribution in [2.45, 2.75) is 135 Å². The maximum atomic E-state index is 14.4. The van der Waals surface area contributed by atoms with Crippen LogP contribution in [0.5, 0.6) is 0 Å². The third-order valence-electron chi connectivity index (χ3n) is 10.6. The summed E-state index contributed by atoms with van der Waals surface area (Å²) >= 11 is 0. The molecule has 48 heavy (non-hydrogen) atoms. The minimum absolute atomic E-state index is 0.0910. The molecule has 3 aliphatic heterocycles.